The zero-order valence-corrected chi connectivity index (χ0v) is 11.1. The molecule has 6 nitrogen and oxygen atoms in total. The topological polar surface area (TPSA) is 96.4 Å². The average molecular weight is 312 g/mol. The zero-order chi connectivity index (χ0) is 14.3. The maximum absolute atomic E-state index is 12.6. The molecule has 1 aromatic rings. The number of thiazole rings is 1. The summed E-state index contributed by atoms with van der Waals surface area (Å²) in [5, 5.41) is 8.76. The van der Waals surface area contributed by atoms with E-state index in [0.717, 1.165) is 5.51 Å². The number of aromatic carboxylic acids is 1. The predicted molar refractivity (Wildman–Crippen MR) is 61.9 cm³/mol. The Labute approximate surface area is 111 Å². The van der Waals surface area contributed by atoms with E-state index in [-0.39, 0.29) is 19.4 Å². The van der Waals surface area contributed by atoms with Crippen LogP contribution >= 0.6 is 11.3 Å². The molecular formula is C9H10F2N2O4S2. The number of hydrogen-bond acceptors (Lipinski definition) is 5. The lowest BCUT2D eigenvalue weighted by Gasteiger charge is -2.04. The van der Waals surface area contributed by atoms with E-state index < -0.39 is 37.7 Å². The summed E-state index contributed by atoms with van der Waals surface area (Å²) in [5.41, 5.74) is 0.543. The van der Waals surface area contributed by atoms with Crippen LogP contribution in [0.4, 0.5) is 8.78 Å². The van der Waals surface area contributed by atoms with Gasteiger partial charge in [0.25, 0.3) is 15.9 Å². The third-order valence-corrected chi connectivity index (χ3v) is 5.55. The summed E-state index contributed by atoms with van der Waals surface area (Å²) in [7, 11) is -4.02. The Morgan fingerprint density at radius 3 is 2.79 bits per heavy atom. The Hall–Kier alpha value is -1.13. The second-order valence-corrected chi connectivity index (χ2v) is 6.96. The molecule has 1 atom stereocenters. The second-order valence-electron chi connectivity index (χ2n) is 4.14. The maximum atomic E-state index is 12.6. The highest BCUT2D eigenvalue weighted by molar-refractivity contribution is 7.91. The molecule has 106 valence electrons. The summed E-state index contributed by atoms with van der Waals surface area (Å²) < 4.78 is 50.5. The molecule has 1 fully saturated rings. The van der Waals surface area contributed by atoms with Crippen molar-refractivity contribution in [3.05, 3.63) is 11.2 Å². The van der Waals surface area contributed by atoms with Crippen LogP contribution in [0.15, 0.2) is 9.72 Å². The molecule has 0 radical (unpaired) electrons. The number of nitrogens with one attached hydrogen (secondary N) is 1. The summed E-state index contributed by atoms with van der Waals surface area (Å²) in [6.45, 7) is -0.153. The van der Waals surface area contributed by atoms with Crippen molar-refractivity contribution in [1.82, 2.24) is 9.71 Å². The van der Waals surface area contributed by atoms with Crippen LogP contribution in [0.3, 0.4) is 0 Å². The van der Waals surface area contributed by atoms with Crippen molar-refractivity contribution in [3.8, 4) is 0 Å². The van der Waals surface area contributed by atoms with E-state index >= 15 is 0 Å². The number of alkyl halides is 2. The lowest BCUT2D eigenvalue weighted by molar-refractivity contribution is 0.0687. The Bertz CT molecular complexity index is 599. The van der Waals surface area contributed by atoms with Crippen LogP contribution in [0, 0.1) is 5.92 Å². The fourth-order valence-electron chi connectivity index (χ4n) is 1.58. The molecule has 0 amide bonds. The van der Waals surface area contributed by atoms with E-state index in [1.54, 1.807) is 0 Å². The van der Waals surface area contributed by atoms with Gasteiger partial charge in [-0.1, -0.05) is 0 Å². The molecule has 10 heteroatoms. The van der Waals surface area contributed by atoms with Crippen molar-refractivity contribution in [2.75, 3.05) is 6.54 Å². The number of rotatable bonds is 6. The van der Waals surface area contributed by atoms with Gasteiger partial charge in [0.15, 0.2) is 9.90 Å². The van der Waals surface area contributed by atoms with Gasteiger partial charge in [-0.3, -0.25) is 0 Å². The van der Waals surface area contributed by atoms with E-state index in [0.29, 0.717) is 11.3 Å². The number of carboxylic acids is 1. The summed E-state index contributed by atoms with van der Waals surface area (Å²) in [4.78, 5) is 14.2. The Balaban J connectivity index is 1.98. The van der Waals surface area contributed by atoms with Gasteiger partial charge in [0.2, 0.25) is 0 Å². The lowest BCUT2D eigenvalue weighted by atomic mass is 10.3. The Morgan fingerprint density at radius 2 is 2.26 bits per heavy atom. The maximum Gasteiger partial charge on any atom is 0.356 e. The average Bonchev–Trinajstić information content (AvgIpc) is 2.76. The van der Waals surface area contributed by atoms with Crippen molar-refractivity contribution < 1.29 is 27.1 Å². The summed E-state index contributed by atoms with van der Waals surface area (Å²) in [6, 6.07) is 0. The summed E-state index contributed by atoms with van der Waals surface area (Å²) >= 11 is 0.669. The van der Waals surface area contributed by atoms with Gasteiger partial charge in [0.1, 0.15) is 0 Å². The molecule has 1 unspecified atom stereocenters. The number of hydrogen-bond donors (Lipinski definition) is 2. The van der Waals surface area contributed by atoms with E-state index in [1.165, 1.54) is 0 Å². The third kappa shape index (κ3) is 3.07. The van der Waals surface area contributed by atoms with Crippen molar-refractivity contribution in [3.63, 3.8) is 0 Å². The van der Waals surface area contributed by atoms with Crippen molar-refractivity contribution >= 4 is 27.3 Å². The van der Waals surface area contributed by atoms with Gasteiger partial charge in [-0.2, -0.15) is 0 Å². The largest absolute Gasteiger partial charge is 0.476 e. The van der Waals surface area contributed by atoms with Gasteiger partial charge < -0.3 is 5.11 Å². The molecule has 1 aliphatic rings. The van der Waals surface area contributed by atoms with Crippen molar-refractivity contribution in [2.45, 2.75) is 23.0 Å². The van der Waals surface area contributed by atoms with E-state index in [4.69, 9.17) is 5.11 Å². The van der Waals surface area contributed by atoms with Gasteiger partial charge in [0, 0.05) is 18.9 Å². The molecule has 0 bridgehead atoms. The van der Waals surface area contributed by atoms with E-state index in [9.17, 15) is 22.0 Å². The normalized spacial score (nSPS) is 21.3. The van der Waals surface area contributed by atoms with E-state index in [2.05, 4.69) is 9.71 Å². The molecule has 1 aliphatic carbocycles. The SMILES string of the molecule is O=C(O)c1ncsc1S(=O)(=O)NCCC1CC1(F)F. The Kier molecular flexibility index (Phi) is 3.58. The molecular weight excluding hydrogens is 302 g/mol. The molecule has 1 saturated carbocycles. The number of nitrogens with zero attached hydrogens (tertiary/aromatic N) is 1. The van der Waals surface area contributed by atoms with Crippen LogP contribution in [0.25, 0.3) is 0 Å². The highest BCUT2D eigenvalue weighted by Gasteiger charge is 2.55. The first-order chi connectivity index (χ1) is 8.74. The minimum absolute atomic E-state index is 0.0213. The number of carboxylic acid groups (broad SMARTS) is 1. The molecule has 0 aromatic carbocycles. The molecule has 0 spiro atoms. The smallest absolute Gasteiger partial charge is 0.356 e. The van der Waals surface area contributed by atoms with Gasteiger partial charge in [0.05, 0.1) is 5.51 Å². The number of carbonyl (C=O) groups is 1. The monoisotopic (exact) mass is 312 g/mol. The molecule has 0 saturated heterocycles. The zero-order valence-electron chi connectivity index (χ0n) is 9.47. The Morgan fingerprint density at radius 1 is 1.63 bits per heavy atom. The fourth-order valence-corrected chi connectivity index (χ4v) is 3.81. The van der Waals surface area contributed by atoms with Gasteiger partial charge >= 0.3 is 5.97 Å². The van der Waals surface area contributed by atoms with Crippen LogP contribution < -0.4 is 4.72 Å². The van der Waals surface area contributed by atoms with Gasteiger partial charge in [-0.25, -0.2) is 31.7 Å². The highest BCUT2D eigenvalue weighted by Crippen LogP contribution is 2.50. The first kappa shape index (κ1) is 14.3. The first-order valence-electron chi connectivity index (χ1n) is 5.28. The molecule has 1 heterocycles. The van der Waals surface area contributed by atoms with Crippen LogP contribution in [-0.2, 0) is 10.0 Å². The third-order valence-electron chi connectivity index (χ3n) is 2.72. The second kappa shape index (κ2) is 4.76. The number of aromatic nitrogens is 1. The standard InChI is InChI=1S/C9H10F2N2O4S2/c10-9(11)3-5(9)1-2-13-19(16,17)8-6(7(14)15)12-4-18-8/h4-5,13H,1-3H2,(H,14,15). The quantitative estimate of drug-likeness (QED) is 0.822. The fraction of sp³-hybridized carbons (Fsp3) is 0.556. The molecule has 2 rings (SSSR count). The highest BCUT2D eigenvalue weighted by atomic mass is 32.2. The first-order valence-corrected chi connectivity index (χ1v) is 7.64. The van der Waals surface area contributed by atoms with Crippen LogP contribution in [-0.4, -0.2) is 36.9 Å². The van der Waals surface area contributed by atoms with Crippen LogP contribution in [0.1, 0.15) is 23.3 Å². The number of halogens is 2. The molecule has 0 aliphatic heterocycles. The minimum atomic E-state index is -4.02. The van der Waals surface area contributed by atoms with Gasteiger partial charge in [-0.05, 0) is 6.42 Å². The molecule has 1 aromatic heterocycles. The summed E-state index contributed by atoms with van der Waals surface area (Å²) in [6.07, 6.45) is -0.205. The van der Waals surface area contributed by atoms with Crippen molar-refractivity contribution in [1.29, 1.82) is 0 Å². The van der Waals surface area contributed by atoms with Crippen LogP contribution in [0.2, 0.25) is 0 Å². The van der Waals surface area contributed by atoms with Gasteiger partial charge in [-0.15, -0.1) is 11.3 Å². The molecule has 2 N–H and O–H groups in total. The number of sulfonamides is 1. The molecule has 19 heavy (non-hydrogen) atoms. The summed E-state index contributed by atoms with van der Waals surface area (Å²) in [5.74, 6) is -4.94. The van der Waals surface area contributed by atoms with Crippen molar-refractivity contribution in [2.24, 2.45) is 5.92 Å². The van der Waals surface area contributed by atoms with E-state index in [1.807, 2.05) is 0 Å². The minimum Gasteiger partial charge on any atom is -0.476 e. The van der Waals surface area contributed by atoms with Crippen LogP contribution in [0.5, 0.6) is 0 Å². The lowest BCUT2D eigenvalue weighted by Crippen LogP contribution is -2.26. The predicted octanol–water partition coefficient (Wildman–Crippen LogP) is 1.16.